The van der Waals surface area contributed by atoms with Crippen LogP contribution in [0.1, 0.15) is 23.6 Å². The summed E-state index contributed by atoms with van der Waals surface area (Å²) in [5.74, 6) is -0.413. The van der Waals surface area contributed by atoms with Gasteiger partial charge in [-0.1, -0.05) is 29.8 Å². The molecule has 0 unspecified atom stereocenters. The molecule has 0 saturated carbocycles. The summed E-state index contributed by atoms with van der Waals surface area (Å²) in [7, 11) is -3.70. The fourth-order valence-corrected chi connectivity index (χ4v) is 4.10. The zero-order valence-electron chi connectivity index (χ0n) is 15.5. The maximum absolute atomic E-state index is 12.8. The number of hydrogen-bond acceptors (Lipinski definition) is 3. The highest BCUT2D eigenvalue weighted by Crippen LogP contribution is 2.28. The molecule has 0 aliphatic carbocycles. The summed E-state index contributed by atoms with van der Waals surface area (Å²) >= 11 is 6.04. The van der Waals surface area contributed by atoms with E-state index in [4.69, 9.17) is 11.6 Å². The third kappa shape index (κ3) is 4.56. The minimum absolute atomic E-state index is 0.392. The van der Waals surface area contributed by atoms with Crippen LogP contribution in [0, 0.1) is 20.8 Å². The van der Waals surface area contributed by atoms with Crippen molar-refractivity contribution in [2.24, 2.45) is 0 Å². The molecular weight excluding hydrogens is 372 g/mol. The molecule has 2 aromatic rings. The maximum Gasteiger partial charge on any atom is 0.248 e. The Balaban J connectivity index is 2.41. The number of halogens is 1. The second kappa shape index (κ2) is 7.68. The van der Waals surface area contributed by atoms with Crippen molar-refractivity contribution in [2.75, 3.05) is 15.9 Å². The smallest absolute Gasteiger partial charge is 0.248 e. The molecule has 5 nitrogen and oxygen atoms in total. The van der Waals surface area contributed by atoms with E-state index in [1.165, 1.54) is 0 Å². The molecule has 2 rings (SSSR count). The number of benzene rings is 2. The first kappa shape index (κ1) is 20.3. The van der Waals surface area contributed by atoms with Crippen LogP contribution in [0.5, 0.6) is 0 Å². The molecule has 0 aliphatic heterocycles. The lowest BCUT2D eigenvalue weighted by molar-refractivity contribution is -0.116. The molecule has 1 amide bonds. The van der Waals surface area contributed by atoms with Crippen molar-refractivity contribution in [1.29, 1.82) is 0 Å². The minimum atomic E-state index is -3.70. The van der Waals surface area contributed by atoms with Gasteiger partial charge in [0.1, 0.15) is 6.04 Å². The number of nitrogens with one attached hydrogen (secondary N) is 1. The van der Waals surface area contributed by atoms with Crippen molar-refractivity contribution < 1.29 is 13.2 Å². The Kier molecular flexibility index (Phi) is 5.98. The minimum Gasteiger partial charge on any atom is -0.324 e. The molecule has 0 heterocycles. The van der Waals surface area contributed by atoms with Crippen LogP contribution in [-0.4, -0.2) is 26.6 Å². The molecule has 0 aliphatic rings. The van der Waals surface area contributed by atoms with Crippen molar-refractivity contribution in [3.8, 4) is 0 Å². The van der Waals surface area contributed by atoms with Crippen LogP contribution in [-0.2, 0) is 14.8 Å². The molecule has 0 radical (unpaired) electrons. The molecule has 140 valence electrons. The number of aryl methyl sites for hydroxylation is 3. The zero-order chi connectivity index (χ0) is 19.6. The number of sulfonamides is 1. The fraction of sp³-hybridized carbons (Fsp3) is 0.316. The van der Waals surface area contributed by atoms with Gasteiger partial charge < -0.3 is 5.32 Å². The summed E-state index contributed by atoms with van der Waals surface area (Å²) in [6, 6.07) is 9.74. The molecule has 26 heavy (non-hydrogen) atoms. The summed E-state index contributed by atoms with van der Waals surface area (Å²) in [5.41, 5.74) is 3.68. The van der Waals surface area contributed by atoms with Crippen LogP contribution in [0.25, 0.3) is 0 Å². The van der Waals surface area contributed by atoms with Crippen LogP contribution in [0.4, 0.5) is 11.4 Å². The molecule has 0 bridgehead atoms. The highest BCUT2D eigenvalue weighted by atomic mass is 35.5. The number of nitrogens with zero attached hydrogens (tertiary/aromatic N) is 1. The third-order valence-corrected chi connectivity index (χ3v) is 5.61. The summed E-state index contributed by atoms with van der Waals surface area (Å²) in [6.45, 7) is 7.15. The molecule has 0 fully saturated rings. The second-order valence-corrected chi connectivity index (χ2v) is 8.77. The van der Waals surface area contributed by atoms with Crippen LogP contribution in [0.3, 0.4) is 0 Å². The second-order valence-electron chi connectivity index (χ2n) is 6.47. The lowest BCUT2D eigenvalue weighted by atomic mass is 10.1. The van der Waals surface area contributed by atoms with Crippen molar-refractivity contribution in [1.82, 2.24) is 0 Å². The summed E-state index contributed by atoms with van der Waals surface area (Å²) in [6.07, 6.45) is 1.08. The summed E-state index contributed by atoms with van der Waals surface area (Å²) in [4.78, 5) is 12.8. The van der Waals surface area contributed by atoms with E-state index in [0.29, 0.717) is 22.0 Å². The van der Waals surface area contributed by atoms with E-state index in [9.17, 15) is 13.2 Å². The monoisotopic (exact) mass is 394 g/mol. The molecule has 0 aromatic heterocycles. The van der Waals surface area contributed by atoms with Gasteiger partial charge in [-0.2, -0.15) is 0 Å². The van der Waals surface area contributed by atoms with E-state index in [1.807, 2.05) is 32.0 Å². The van der Waals surface area contributed by atoms with Gasteiger partial charge in [0.15, 0.2) is 0 Å². The summed E-state index contributed by atoms with van der Waals surface area (Å²) in [5, 5.41) is 3.23. The number of rotatable bonds is 5. The normalized spacial score (nSPS) is 12.5. The number of amides is 1. The molecule has 1 N–H and O–H groups in total. The Hall–Kier alpha value is -2.05. The standard InChI is InChI=1S/C19H23ClN2O3S/c1-12-6-7-13(2)17(10-12)21-19(23)15(4)22(26(5,24)25)18-11-16(20)9-8-14(18)3/h6-11,15H,1-5H3,(H,21,23)/t15-/m0/s1. The van der Waals surface area contributed by atoms with Crippen LogP contribution >= 0.6 is 11.6 Å². The van der Waals surface area contributed by atoms with E-state index in [0.717, 1.165) is 21.7 Å². The number of carbonyl (C=O) groups is 1. The lowest BCUT2D eigenvalue weighted by Crippen LogP contribution is -2.45. The average molecular weight is 395 g/mol. The number of carbonyl (C=O) groups excluding carboxylic acids is 1. The van der Waals surface area contributed by atoms with Crippen LogP contribution in [0.15, 0.2) is 36.4 Å². The van der Waals surface area contributed by atoms with Gasteiger partial charge in [0.05, 0.1) is 11.9 Å². The van der Waals surface area contributed by atoms with E-state index in [1.54, 1.807) is 32.0 Å². The van der Waals surface area contributed by atoms with Gasteiger partial charge in [-0.25, -0.2) is 8.42 Å². The first-order valence-electron chi connectivity index (χ1n) is 8.14. The Morgan fingerprint density at radius 1 is 1.08 bits per heavy atom. The Labute approximate surface area is 160 Å². The van der Waals surface area contributed by atoms with Crippen LogP contribution in [0.2, 0.25) is 5.02 Å². The predicted octanol–water partition coefficient (Wildman–Crippen LogP) is 4.06. The Morgan fingerprint density at radius 3 is 2.31 bits per heavy atom. The van der Waals surface area contributed by atoms with Gasteiger partial charge in [-0.05, 0) is 62.6 Å². The molecule has 0 spiro atoms. The van der Waals surface area contributed by atoms with Gasteiger partial charge in [0, 0.05) is 10.7 Å². The van der Waals surface area contributed by atoms with E-state index in [-0.39, 0.29) is 0 Å². The van der Waals surface area contributed by atoms with Gasteiger partial charge >= 0.3 is 0 Å². The number of anilines is 2. The Bertz CT molecular complexity index is 942. The fourth-order valence-electron chi connectivity index (χ4n) is 2.71. The third-order valence-electron chi connectivity index (χ3n) is 4.15. The predicted molar refractivity (Wildman–Crippen MR) is 108 cm³/mol. The molecular formula is C19H23ClN2O3S. The van der Waals surface area contributed by atoms with E-state index in [2.05, 4.69) is 5.32 Å². The van der Waals surface area contributed by atoms with E-state index < -0.39 is 22.0 Å². The molecule has 0 saturated heterocycles. The summed E-state index contributed by atoms with van der Waals surface area (Å²) < 4.78 is 25.9. The molecule has 1 atom stereocenters. The van der Waals surface area contributed by atoms with Crippen LogP contribution < -0.4 is 9.62 Å². The van der Waals surface area contributed by atoms with Crippen molar-refractivity contribution >= 4 is 38.9 Å². The Morgan fingerprint density at radius 2 is 1.69 bits per heavy atom. The average Bonchev–Trinajstić information content (AvgIpc) is 2.53. The van der Waals surface area contributed by atoms with Crippen molar-refractivity contribution in [2.45, 2.75) is 33.7 Å². The van der Waals surface area contributed by atoms with Gasteiger partial charge in [0.2, 0.25) is 15.9 Å². The lowest BCUT2D eigenvalue weighted by Gasteiger charge is -2.29. The quantitative estimate of drug-likeness (QED) is 0.831. The van der Waals surface area contributed by atoms with Crippen molar-refractivity contribution in [3.63, 3.8) is 0 Å². The first-order chi connectivity index (χ1) is 12.0. The zero-order valence-corrected chi connectivity index (χ0v) is 17.1. The molecule has 7 heteroatoms. The highest BCUT2D eigenvalue weighted by Gasteiger charge is 2.30. The van der Waals surface area contributed by atoms with Gasteiger partial charge in [-0.15, -0.1) is 0 Å². The van der Waals surface area contributed by atoms with Gasteiger partial charge in [0.25, 0.3) is 0 Å². The maximum atomic E-state index is 12.8. The highest BCUT2D eigenvalue weighted by molar-refractivity contribution is 7.92. The number of hydrogen-bond donors (Lipinski definition) is 1. The largest absolute Gasteiger partial charge is 0.324 e. The van der Waals surface area contributed by atoms with E-state index >= 15 is 0 Å². The SMILES string of the molecule is Cc1ccc(C)c(NC(=O)[C@H](C)N(c2cc(Cl)ccc2C)S(C)(=O)=O)c1. The molecule has 2 aromatic carbocycles. The van der Waals surface area contributed by atoms with Gasteiger partial charge in [-0.3, -0.25) is 9.10 Å². The topological polar surface area (TPSA) is 66.5 Å². The first-order valence-corrected chi connectivity index (χ1v) is 10.4. The van der Waals surface area contributed by atoms with Crippen molar-refractivity contribution in [3.05, 3.63) is 58.1 Å².